The van der Waals surface area contributed by atoms with Crippen LogP contribution in [0.25, 0.3) is 22.5 Å². The molecule has 1 aliphatic carbocycles. The zero-order valence-corrected chi connectivity index (χ0v) is 13.1. The lowest BCUT2D eigenvalue weighted by molar-refractivity contribution is -0.137. The number of benzene rings is 2. The highest BCUT2D eigenvalue weighted by molar-refractivity contribution is 6.23. The number of aromatic nitrogens is 2. The quantitative estimate of drug-likeness (QED) is 0.476. The smallest absolute Gasteiger partial charge is 0.252 e. The van der Waals surface area contributed by atoms with E-state index in [4.69, 9.17) is 5.26 Å². The van der Waals surface area contributed by atoms with Crippen molar-refractivity contribution in [2.45, 2.75) is 6.18 Å². The third-order valence-electron chi connectivity index (χ3n) is 4.10. The van der Waals surface area contributed by atoms with Gasteiger partial charge in [0.1, 0.15) is 11.4 Å². The molecule has 1 aromatic heterocycles. The fraction of sp³-hybridized carbons (Fsp3) is 0.0526. The van der Waals surface area contributed by atoms with Crippen molar-refractivity contribution in [3.05, 3.63) is 71.5 Å². The molecule has 0 amide bonds. The molecule has 26 heavy (non-hydrogen) atoms. The van der Waals surface area contributed by atoms with Crippen molar-refractivity contribution in [1.29, 1.82) is 5.26 Å². The Morgan fingerprint density at radius 3 is 2.27 bits per heavy atom. The average molecular weight is 350 g/mol. The summed E-state index contributed by atoms with van der Waals surface area (Å²) < 4.78 is 38.1. The van der Waals surface area contributed by atoms with Gasteiger partial charge in [-0.1, -0.05) is 36.4 Å². The van der Waals surface area contributed by atoms with Gasteiger partial charge in [0, 0.05) is 16.7 Å². The second kappa shape index (κ2) is 5.77. The summed E-state index contributed by atoms with van der Waals surface area (Å²) in [5.41, 5.74) is 3.23. The molecule has 0 saturated heterocycles. The summed E-state index contributed by atoms with van der Waals surface area (Å²) in [5.74, 6) is 0. The molecular weight excluding hydrogens is 341 g/mol. The van der Waals surface area contributed by atoms with E-state index in [1.54, 1.807) is 6.19 Å². The molecule has 0 radical (unpaired) electrons. The van der Waals surface area contributed by atoms with Crippen LogP contribution in [-0.2, 0) is 6.18 Å². The highest BCUT2D eigenvalue weighted by Gasteiger charge is 2.31. The lowest BCUT2D eigenvalue weighted by Crippen LogP contribution is -2.05. The molecule has 0 bridgehead atoms. The molecule has 0 saturated carbocycles. The minimum atomic E-state index is -4.39. The highest BCUT2D eigenvalue weighted by atomic mass is 19.4. The fourth-order valence-corrected chi connectivity index (χ4v) is 2.91. The Labute approximate surface area is 146 Å². The Bertz CT molecular complexity index is 1080. The number of nitriles is 1. The van der Waals surface area contributed by atoms with Crippen LogP contribution in [0.2, 0.25) is 0 Å². The Morgan fingerprint density at radius 2 is 1.62 bits per heavy atom. The van der Waals surface area contributed by atoms with Crippen LogP contribution >= 0.6 is 0 Å². The van der Waals surface area contributed by atoms with Crippen LogP contribution in [0.15, 0.2) is 59.7 Å². The Morgan fingerprint density at radius 1 is 0.923 bits per heavy atom. The number of aliphatic imine (C=N–C) groups is 1. The van der Waals surface area contributed by atoms with E-state index in [0.29, 0.717) is 28.4 Å². The van der Waals surface area contributed by atoms with Gasteiger partial charge in [-0.15, -0.1) is 0 Å². The van der Waals surface area contributed by atoms with Crippen LogP contribution in [0, 0.1) is 11.5 Å². The van der Waals surface area contributed by atoms with Gasteiger partial charge in [-0.25, -0.2) is 4.98 Å². The molecule has 2 aromatic carbocycles. The molecule has 0 N–H and O–H groups in total. The number of nitrogens with zero attached hydrogens (tertiary/aromatic N) is 4. The van der Waals surface area contributed by atoms with Gasteiger partial charge in [0.25, 0.3) is 0 Å². The fourth-order valence-electron chi connectivity index (χ4n) is 2.91. The summed E-state index contributed by atoms with van der Waals surface area (Å²) in [7, 11) is 0. The van der Waals surface area contributed by atoms with E-state index in [9.17, 15) is 13.2 Å². The molecular formula is C19H9F3N4. The third kappa shape index (κ3) is 2.52. The molecule has 7 heteroatoms. The van der Waals surface area contributed by atoms with Crippen LogP contribution in [0.1, 0.15) is 16.8 Å². The molecule has 4 rings (SSSR count). The van der Waals surface area contributed by atoms with Gasteiger partial charge in [-0.05, 0) is 12.1 Å². The van der Waals surface area contributed by atoms with Crippen molar-refractivity contribution in [2.24, 2.45) is 4.99 Å². The maximum absolute atomic E-state index is 12.7. The van der Waals surface area contributed by atoms with Crippen LogP contribution in [0.5, 0.6) is 0 Å². The minimum absolute atomic E-state index is 0.413. The van der Waals surface area contributed by atoms with E-state index < -0.39 is 11.7 Å². The number of fused-ring (bicyclic) bond motifs is 3. The molecule has 0 spiro atoms. The lowest BCUT2D eigenvalue weighted by Gasteiger charge is -2.08. The first kappa shape index (κ1) is 16.0. The zero-order valence-electron chi connectivity index (χ0n) is 13.1. The summed E-state index contributed by atoms with van der Waals surface area (Å²) >= 11 is 0. The molecule has 4 nitrogen and oxygen atoms in total. The zero-order chi connectivity index (χ0) is 18.3. The second-order valence-corrected chi connectivity index (χ2v) is 5.63. The van der Waals surface area contributed by atoms with E-state index in [1.807, 2.05) is 24.3 Å². The topological polar surface area (TPSA) is 61.9 Å². The first-order valence-corrected chi connectivity index (χ1v) is 7.60. The van der Waals surface area contributed by atoms with E-state index in [0.717, 1.165) is 23.3 Å². The maximum atomic E-state index is 12.7. The molecule has 3 aromatic rings. The van der Waals surface area contributed by atoms with Crippen molar-refractivity contribution in [1.82, 2.24) is 9.97 Å². The van der Waals surface area contributed by atoms with E-state index in [-0.39, 0.29) is 0 Å². The Balaban J connectivity index is 1.82. The third-order valence-corrected chi connectivity index (χ3v) is 4.10. The monoisotopic (exact) mass is 350 g/mol. The van der Waals surface area contributed by atoms with Gasteiger partial charge in [0.15, 0.2) is 0 Å². The van der Waals surface area contributed by atoms with Crippen molar-refractivity contribution in [3.8, 4) is 28.7 Å². The molecule has 0 atom stereocenters. The first-order valence-electron chi connectivity index (χ1n) is 7.60. The van der Waals surface area contributed by atoms with Crippen molar-refractivity contribution in [3.63, 3.8) is 0 Å². The number of alkyl halides is 3. The standard InChI is InChI=1S/C19H9F3N4/c20-19(21,22)12-7-5-11(6-8-12)15-9-24-16-13-3-1-2-4-14(13)17(25-10-23)18(16)26-15/h1-9H/b25-17+. The molecule has 1 aliphatic rings. The van der Waals surface area contributed by atoms with Gasteiger partial charge < -0.3 is 0 Å². The van der Waals surface area contributed by atoms with Gasteiger partial charge in [-0.2, -0.15) is 23.4 Å². The summed E-state index contributed by atoms with van der Waals surface area (Å²) in [5, 5.41) is 8.98. The van der Waals surface area contributed by atoms with Gasteiger partial charge in [0.2, 0.25) is 6.19 Å². The second-order valence-electron chi connectivity index (χ2n) is 5.63. The van der Waals surface area contributed by atoms with Crippen LogP contribution in [0.3, 0.4) is 0 Å². The van der Waals surface area contributed by atoms with Crippen molar-refractivity contribution < 1.29 is 13.2 Å². The molecule has 0 unspecified atom stereocenters. The van der Waals surface area contributed by atoms with E-state index in [1.165, 1.54) is 18.3 Å². The van der Waals surface area contributed by atoms with E-state index >= 15 is 0 Å². The molecule has 0 aliphatic heterocycles. The van der Waals surface area contributed by atoms with E-state index in [2.05, 4.69) is 15.0 Å². The Kier molecular flexibility index (Phi) is 3.55. The van der Waals surface area contributed by atoms with Gasteiger partial charge >= 0.3 is 6.18 Å². The van der Waals surface area contributed by atoms with Gasteiger partial charge in [0.05, 0.1) is 23.1 Å². The normalized spacial score (nSPS) is 14.0. The highest BCUT2D eigenvalue weighted by Crippen LogP contribution is 2.36. The maximum Gasteiger partial charge on any atom is 0.416 e. The number of hydrogen-bond acceptors (Lipinski definition) is 4. The average Bonchev–Trinajstić information content (AvgIpc) is 2.95. The predicted octanol–water partition coefficient (Wildman–Crippen LogP) is 4.46. The summed E-state index contributed by atoms with van der Waals surface area (Å²) in [4.78, 5) is 12.8. The number of halogens is 3. The summed E-state index contributed by atoms with van der Waals surface area (Å²) in [6.45, 7) is 0. The lowest BCUT2D eigenvalue weighted by atomic mass is 10.1. The Hall–Kier alpha value is -3.53. The molecule has 126 valence electrons. The molecule has 0 fully saturated rings. The van der Waals surface area contributed by atoms with Crippen LogP contribution in [0.4, 0.5) is 13.2 Å². The number of hydrogen-bond donors (Lipinski definition) is 0. The molecule has 1 heterocycles. The van der Waals surface area contributed by atoms with Crippen LogP contribution < -0.4 is 0 Å². The van der Waals surface area contributed by atoms with Crippen molar-refractivity contribution >= 4 is 5.71 Å². The minimum Gasteiger partial charge on any atom is -0.252 e. The van der Waals surface area contributed by atoms with Crippen molar-refractivity contribution in [2.75, 3.05) is 0 Å². The van der Waals surface area contributed by atoms with Crippen LogP contribution in [-0.4, -0.2) is 15.7 Å². The predicted molar refractivity (Wildman–Crippen MR) is 89.2 cm³/mol. The summed E-state index contributed by atoms with van der Waals surface area (Å²) in [6.07, 6.45) is -1.12. The summed E-state index contributed by atoms with van der Waals surface area (Å²) in [6, 6.07) is 12.1. The van der Waals surface area contributed by atoms with Gasteiger partial charge in [-0.3, -0.25) is 4.98 Å². The number of rotatable bonds is 1. The largest absolute Gasteiger partial charge is 0.416 e. The SMILES string of the molecule is N#C/N=C1\c2ccccc2-c2ncc(-c3ccc(C(F)(F)F)cc3)nc21. The first-order chi connectivity index (χ1) is 12.5.